The SMILES string of the molecule is CCC(CCC=C(C)C(=O)O)N(CC)CC. The van der Waals surface area contributed by atoms with Crippen molar-refractivity contribution in [1.29, 1.82) is 0 Å². The Morgan fingerprint density at radius 2 is 1.88 bits per heavy atom. The number of allylic oxidation sites excluding steroid dienone is 1. The number of nitrogens with zero attached hydrogens (tertiary/aromatic N) is 1. The van der Waals surface area contributed by atoms with E-state index in [2.05, 4.69) is 25.7 Å². The van der Waals surface area contributed by atoms with Gasteiger partial charge in [0.15, 0.2) is 0 Å². The van der Waals surface area contributed by atoms with Gasteiger partial charge in [-0.3, -0.25) is 0 Å². The molecular formula is C13H25NO2. The summed E-state index contributed by atoms with van der Waals surface area (Å²) in [5.74, 6) is -0.809. The van der Waals surface area contributed by atoms with Gasteiger partial charge in [0.25, 0.3) is 0 Å². The van der Waals surface area contributed by atoms with Gasteiger partial charge in [0.1, 0.15) is 0 Å². The fraction of sp³-hybridized carbons (Fsp3) is 0.769. The molecule has 0 saturated heterocycles. The minimum absolute atomic E-state index is 0.453. The Kier molecular flexibility index (Phi) is 7.90. The van der Waals surface area contributed by atoms with Crippen molar-refractivity contribution in [3.05, 3.63) is 11.6 Å². The van der Waals surface area contributed by atoms with Crippen LogP contribution >= 0.6 is 0 Å². The largest absolute Gasteiger partial charge is 0.478 e. The molecule has 1 atom stereocenters. The predicted octanol–water partition coefficient (Wildman–Crippen LogP) is 2.92. The smallest absolute Gasteiger partial charge is 0.330 e. The Labute approximate surface area is 99.1 Å². The molecule has 0 spiro atoms. The molecule has 0 aliphatic heterocycles. The number of carbonyl (C=O) groups is 1. The third-order valence-corrected chi connectivity index (χ3v) is 3.09. The highest BCUT2D eigenvalue weighted by molar-refractivity contribution is 5.85. The van der Waals surface area contributed by atoms with Gasteiger partial charge >= 0.3 is 5.97 Å². The van der Waals surface area contributed by atoms with Gasteiger partial charge in [-0.15, -0.1) is 0 Å². The summed E-state index contributed by atoms with van der Waals surface area (Å²) in [4.78, 5) is 13.0. The first-order chi connectivity index (χ1) is 7.56. The molecule has 0 aromatic rings. The quantitative estimate of drug-likeness (QED) is 0.648. The summed E-state index contributed by atoms with van der Waals surface area (Å²) in [6, 6.07) is 0.577. The second kappa shape index (κ2) is 8.34. The molecule has 3 heteroatoms. The lowest BCUT2D eigenvalue weighted by Crippen LogP contribution is -2.34. The van der Waals surface area contributed by atoms with Gasteiger partial charge in [0.05, 0.1) is 0 Å². The molecule has 0 rings (SSSR count). The van der Waals surface area contributed by atoms with E-state index in [1.807, 2.05) is 6.08 Å². The van der Waals surface area contributed by atoms with Crippen molar-refractivity contribution in [3.63, 3.8) is 0 Å². The molecule has 94 valence electrons. The topological polar surface area (TPSA) is 40.5 Å². The molecule has 0 aliphatic carbocycles. The maximum absolute atomic E-state index is 10.6. The number of aliphatic carboxylic acids is 1. The van der Waals surface area contributed by atoms with E-state index in [0.29, 0.717) is 11.6 Å². The van der Waals surface area contributed by atoms with E-state index in [9.17, 15) is 4.79 Å². The van der Waals surface area contributed by atoms with Gasteiger partial charge in [-0.1, -0.05) is 26.8 Å². The lowest BCUT2D eigenvalue weighted by atomic mass is 10.1. The van der Waals surface area contributed by atoms with E-state index in [-0.39, 0.29) is 0 Å². The monoisotopic (exact) mass is 227 g/mol. The van der Waals surface area contributed by atoms with Crippen LogP contribution in [0.15, 0.2) is 11.6 Å². The lowest BCUT2D eigenvalue weighted by molar-refractivity contribution is -0.132. The number of carboxylic acids is 1. The normalized spacial score (nSPS) is 14.2. The summed E-state index contributed by atoms with van der Waals surface area (Å²) in [5.41, 5.74) is 0.453. The minimum Gasteiger partial charge on any atom is -0.478 e. The van der Waals surface area contributed by atoms with Crippen LogP contribution in [0.3, 0.4) is 0 Å². The first-order valence-corrected chi connectivity index (χ1v) is 6.20. The van der Waals surface area contributed by atoms with Crippen molar-refractivity contribution in [2.45, 2.75) is 53.0 Å². The van der Waals surface area contributed by atoms with E-state index in [4.69, 9.17) is 5.11 Å². The Hall–Kier alpha value is -0.830. The molecule has 16 heavy (non-hydrogen) atoms. The Balaban J connectivity index is 4.15. The van der Waals surface area contributed by atoms with Gasteiger partial charge in [-0.05, 0) is 39.3 Å². The molecule has 0 saturated carbocycles. The summed E-state index contributed by atoms with van der Waals surface area (Å²) in [6.45, 7) is 10.3. The van der Waals surface area contributed by atoms with Crippen LogP contribution in [0.2, 0.25) is 0 Å². The number of carboxylic acid groups (broad SMARTS) is 1. The average molecular weight is 227 g/mol. The second-order valence-corrected chi connectivity index (χ2v) is 4.05. The van der Waals surface area contributed by atoms with Gasteiger partial charge in [-0.2, -0.15) is 0 Å². The third kappa shape index (κ3) is 5.31. The zero-order chi connectivity index (χ0) is 12.6. The highest BCUT2D eigenvalue weighted by Crippen LogP contribution is 2.12. The maximum Gasteiger partial charge on any atom is 0.330 e. The van der Waals surface area contributed by atoms with Crippen molar-refractivity contribution >= 4 is 5.97 Å². The predicted molar refractivity (Wildman–Crippen MR) is 67.6 cm³/mol. The molecular weight excluding hydrogens is 202 g/mol. The van der Waals surface area contributed by atoms with Crippen LogP contribution in [-0.2, 0) is 4.79 Å². The van der Waals surface area contributed by atoms with Crippen molar-refractivity contribution in [2.75, 3.05) is 13.1 Å². The van der Waals surface area contributed by atoms with Crippen LogP contribution in [0.5, 0.6) is 0 Å². The summed E-state index contributed by atoms with van der Waals surface area (Å²) in [6.07, 6.45) is 4.85. The summed E-state index contributed by atoms with van der Waals surface area (Å²) >= 11 is 0. The van der Waals surface area contributed by atoms with Gasteiger partial charge in [0.2, 0.25) is 0 Å². The van der Waals surface area contributed by atoms with E-state index in [1.165, 1.54) is 0 Å². The second-order valence-electron chi connectivity index (χ2n) is 4.05. The molecule has 0 radical (unpaired) electrons. The van der Waals surface area contributed by atoms with Gasteiger partial charge in [-0.25, -0.2) is 4.79 Å². The van der Waals surface area contributed by atoms with E-state index < -0.39 is 5.97 Å². The van der Waals surface area contributed by atoms with Gasteiger partial charge < -0.3 is 10.0 Å². The average Bonchev–Trinajstić information content (AvgIpc) is 2.27. The molecule has 0 fully saturated rings. The van der Waals surface area contributed by atoms with Crippen LogP contribution in [0.4, 0.5) is 0 Å². The van der Waals surface area contributed by atoms with E-state index >= 15 is 0 Å². The van der Waals surface area contributed by atoms with E-state index in [0.717, 1.165) is 32.4 Å². The molecule has 1 unspecified atom stereocenters. The molecule has 0 aliphatic rings. The zero-order valence-corrected chi connectivity index (χ0v) is 11.0. The molecule has 0 bridgehead atoms. The highest BCUT2D eigenvalue weighted by Gasteiger charge is 2.12. The minimum atomic E-state index is -0.809. The lowest BCUT2D eigenvalue weighted by Gasteiger charge is -2.28. The van der Waals surface area contributed by atoms with Crippen molar-refractivity contribution < 1.29 is 9.90 Å². The van der Waals surface area contributed by atoms with Crippen LogP contribution < -0.4 is 0 Å². The Morgan fingerprint density at radius 1 is 1.31 bits per heavy atom. The Bertz CT molecular complexity index is 232. The molecule has 0 heterocycles. The standard InChI is InChI=1S/C13H25NO2/c1-5-12(14(6-2)7-3)10-8-9-11(4)13(15)16/h9,12H,5-8,10H2,1-4H3,(H,15,16). The summed E-state index contributed by atoms with van der Waals surface area (Å²) in [7, 11) is 0. The number of rotatable bonds is 8. The highest BCUT2D eigenvalue weighted by atomic mass is 16.4. The third-order valence-electron chi connectivity index (χ3n) is 3.09. The zero-order valence-electron chi connectivity index (χ0n) is 11.0. The molecule has 3 nitrogen and oxygen atoms in total. The molecule has 1 N–H and O–H groups in total. The van der Waals surface area contributed by atoms with Crippen LogP contribution in [0.1, 0.15) is 47.0 Å². The van der Waals surface area contributed by atoms with E-state index in [1.54, 1.807) is 6.92 Å². The summed E-state index contributed by atoms with van der Waals surface area (Å²) in [5, 5.41) is 8.73. The van der Waals surface area contributed by atoms with Crippen molar-refractivity contribution in [3.8, 4) is 0 Å². The van der Waals surface area contributed by atoms with Crippen molar-refractivity contribution in [2.24, 2.45) is 0 Å². The first-order valence-electron chi connectivity index (χ1n) is 6.20. The first kappa shape index (κ1) is 15.2. The molecule has 0 aromatic carbocycles. The maximum atomic E-state index is 10.6. The Morgan fingerprint density at radius 3 is 2.25 bits per heavy atom. The fourth-order valence-electron chi connectivity index (χ4n) is 1.96. The van der Waals surface area contributed by atoms with Crippen molar-refractivity contribution in [1.82, 2.24) is 4.90 Å². The summed E-state index contributed by atoms with van der Waals surface area (Å²) < 4.78 is 0. The number of hydrogen-bond acceptors (Lipinski definition) is 2. The van der Waals surface area contributed by atoms with Gasteiger partial charge in [0, 0.05) is 11.6 Å². The van der Waals surface area contributed by atoms with Crippen LogP contribution in [0.25, 0.3) is 0 Å². The number of hydrogen-bond donors (Lipinski definition) is 1. The van der Waals surface area contributed by atoms with Crippen LogP contribution in [-0.4, -0.2) is 35.1 Å². The van der Waals surface area contributed by atoms with Crippen LogP contribution in [0, 0.1) is 0 Å². The molecule has 0 amide bonds. The fourth-order valence-corrected chi connectivity index (χ4v) is 1.96. The molecule has 0 aromatic heterocycles.